The van der Waals surface area contributed by atoms with Gasteiger partial charge in [0.05, 0.1) is 11.1 Å². The maximum Gasteiger partial charge on any atom is 0.287 e. The largest absolute Gasteiger partial charge is 0.449 e. The molecule has 2 aromatic rings. The zero-order chi connectivity index (χ0) is 16.3. The number of aryl methyl sites for hydroxylation is 2. The highest BCUT2D eigenvalue weighted by Crippen LogP contribution is 2.32. The molecular formula is C17H22ClNO3. The van der Waals surface area contributed by atoms with Crippen LogP contribution < -0.4 is 5.32 Å². The van der Waals surface area contributed by atoms with E-state index in [1.807, 2.05) is 39.8 Å². The molecule has 22 heavy (non-hydrogen) atoms. The number of halogens is 1. The van der Waals surface area contributed by atoms with Crippen molar-refractivity contribution in [3.8, 4) is 0 Å². The molecule has 0 aliphatic carbocycles. The zero-order valence-corrected chi connectivity index (χ0v) is 14.2. The Morgan fingerprint density at radius 1 is 1.36 bits per heavy atom. The molecule has 0 spiro atoms. The summed E-state index contributed by atoms with van der Waals surface area (Å²) in [5.74, 6) is 0.110. The Kier molecular flexibility index (Phi) is 5.48. The maximum absolute atomic E-state index is 12.2. The van der Waals surface area contributed by atoms with Crippen molar-refractivity contribution >= 4 is 28.5 Å². The Balaban J connectivity index is 2.06. The number of ether oxygens (including phenoxy) is 1. The van der Waals surface area contributed by atoms with Gasteiger partial charge in [-0.15, -0.1) is 0 Å². The molecule has 1 aromatic carbocycles. The van der Waals surface area contributed by atoms with Crippen LogP contribution in [0.15, 0.2) is 16.5 Å². The fourth-order valence-electron chi connectivity index (χ4n) is 2.30. The van der Waals surface area contributed by atoms with E-state index in [0.717, 1.165) is 22.9 Å². The molecule has 1 aromatic heterocycles. The number of fused-ring (bicyclic) bond motifs is 1. The van der Waals surface area contributed by atoms with Crippen LogP contribution in [0, 0.1) is 13.8 Å². The molecule has 1 N–H and O–H groups in total. The first kappa shape index (κ1) is 16.8. The third kappa shape index (κ3) is 3.81. The van der Waals surface area contributed by atoms with Crippen molar-refractivity contribution in [1.82, 2.24) is 5.32 Å². The van der Waals surface area contributed by atoms with Crippen LogP contribution in [0.2, 0.25) is 5.02 Å². The lowest BCUT2D eigenvalue weighted by atomic mass is 10.1. The molecule has 120 valence electrons. The molecule has 1 amide bonds. The van der Waals surface area contributed by atoms with Gasteiger partial charge in [0.15, 0.2) is 11.3 Å². The monoisotopic (exact) mass is 323 g/mol. The molecule has 2 rings (SSSR count). The smallest absolute Gasteiger partial charge is 0.287 e. The Labute approximate surface area is 135 Å². The Bertz CT molecular complexity index is 676. The predicted molar refractivity (Wildman–Crippen MR) is 88.7 cm³/mol. The summed E-state index contributed by atoms with van der Waals surface area (Å²) in [5.41, 5.74) is 2.42. The van der Waals surface area contributed by atoms with Gasteiger partial charge in [0.1, 0.15) is 0 Å². The van der Waals surface area contributed by atoms with Gasteiger partial charge in [-0.05, 0) is 51.8 Å². The second-order valence-corrected chi connectivity index (χ2v) is 6.12. The minimum Gasteiger partial charge on any atom is -0.449 e. The van der Waals surface area contributed by atoms with E-state index in [9.17, 15) is 4.79 Å². The van der Waals surface area contributed by atoms with Crippen LogP contribution in [0.1, 0.15) is 41.9 Å². The number of benzene rings is 1. The molecule has 0 fully saturated rings. The maximum atomic E-state index is 12.2. The molecule has 0 unspecified atom stereocenters. The summed E-state index contributed by atoms with van der Waals surface area (Å²) in [6, 6.07) is 3.81. The highest BCUT2D eigenvalue weighted by molar-refractivity contribution is 6.35. The molecule has 0 saturated carbocycles. The molecule has 0 atom stereocenters. The molecule has 0 bridgehead atoms. The first-order valence-corrected chi connectivity index (χ1v) is 7.87. The second-order valence-electron chi connectivity index (χ2n) is 5.71. The van der Waals surface area contributed by atoms with Crippen LogP contribution in [-0.4, -0.2) is 25.2 Å². The summed E-state index contributed by atoms with van der Waals surface area (Å²) < 4.78 is 11.1. The molecular weight excluding hydrogens is 302 g/mol. The van der Waals surface area contributed by atoms with E-state index < -0.39 is 0 Å². The van der Waals surface area contributed by atoms with Crippen molar-refractivity contribution in [3.63, 3.8) is 0 Å². The number of furan rings is 1. The molecule has 5 heteroatoms. The van der Waals surface area contributed by atoms with Crippen molar-refractivity contribution in [2.75, 3.05) is 13.2 Å². The molecule has 0 saturated heterocycles. The van der Waals surface area contributed by atoms with E-state index in [0.29, 0.717) is 29.5 Å². The van der Waals surface area contributed by atoms with Gasteiger partial charge >= 0.3 is 0 Å². The van der Waals surface area contributed by atoms with Gasteiger partial charge in [-0.25, -0.2) is 0 Å². The second kappa shape index (κ2) is 7.16. The van der Waals surface area contributed by atoms with Crippen molar-refractivity contribution in [2.24, 2.45) is 0 Å². The summed E-state index contributed by atoms with van der Waals surface area (Å²) in [4.78, 5) is 12.2. The van der Waals surface area contributed by atoms with E-state index in [1.165, 1.54) is 0 Å². The minimum absolute atomic E-state index is 0.207. The lowest BCUT2D eigenvalue weighted by Crippen LogP contribution is -2.25. The zero-order valence-electron chi connectivity index (χ0n) is 13.5. The van der Waals surface area contributed by atoms with Gasteiger partial charge in [0.2, 0.25) is 0 Å². The van der Waals surface area contributed by atoms with Crippen molar-refractivity contribution in [2.45, 2.75) is 40.2 Å². The van der Waals surface area contributed by atoms with Crippen LogP contribution in [0.25, 0.3) is 11.0 Å². The third-order valence-electron chi connectivity index (χ3n) is 3.40. The number of hydrogen-bond donors (Lipinski definition) is 1. The van der Waals surface area contributed by atoms with E-state index in [2.05, 4.69) is 5.32 Å². The van der Waals surface area contributed by atoms with Gasteiger partial charge in [0, 0.05) is 24.1 Å². The fourth-order valence-corrected chi connectivity index (χ4v) is 2.61. The number of carbonyl (C=O) groups is 1. The SMILES string of the molecule is Cc1cc(Cl)c2oc(C(=O)NCCCOC(C)C)c(C)c2c1. The Morgan fingerprint density at radius 3 is 2.77 bits per heavy atom. The fraction of sp³-hybridized carbons (Fsp3) is 0.471. The van der Waals surface area contributed by atoms with Crippen LogP contribution in [0.4, 0.5) is 0 Å². The van der Waals surface area contributed by atoms with E-state index >= 15 is 0 Å². The van der Waals surface area contributed by atoms with Gasteiger partial charge in [0.25, 0.3) is 5.91 Å². The minimum atomic E-state index is -0.216. The van der Waals surface area contributed by atoms with E-state index in [4.69, 9.17) is 20.8 Å². The predicted octanol–water partition coefficient (Wildman–Crippen LogP) is 4.25. The van der Waals surface area contributed by atoms with Gasteiger partial charge in [-0.3, -0.25) is 4.79 Å². The average Bonchev–Trinajstić information content (AvgIpc) is 2.76. The lowest BCUT2D eigenvalue weighted by Gasteiger charge is -2.07. The molecule has 0 aliphatic heterocycles. The first-order chi connectivity index (χ1) is 10.4. The van der Waals surface area contributed by atoms with E-state index in [1.54, 1.807) is 0 Å². The number of rotatable bonds is 6. The van der Waals surface area contributed by atoms with Gasteiger partial charge in [-0.1, -0.05) is 11.6 Å². The van der Waals surface area contributed by atoms with Crippen molar-refractivity contribution in [1.29, 1.82) is 0 Å². The highest BCUT2D eigenvalue weighted by atomic mass is 35.5. The quantitative estimate of drug-likeness (QED) is 0.809. The number of nitrogens with one attached hydrogen (secondary N) is 1. The van der Waals surface area contributed by atoms with Crippen molar-refractivity contribution in [3.05, 3.63) is 34.0 Å². The summed E-state index contributed by atoms with van der Waals surface area (Å²) in [5, 5.41) is 4.27. The summed E-state index contributed by atoms with van der Waals surface area (Å²) >= 11 is 6.19. The topological polar surface area (TPSA) is 51.5 Å². The van der Waals surface area contributed by atoms with Gasteiger partial charge < -0.3 is 14.5 Å². The lowest BCUT2D eigenvalue weighted by molar-refractivity contribution is 0.0753. The molecule has 0 aliphatic rings. The normalized spacial score (nSPS) is 11.4. The van der Waals surface area contributed by atoms with Crippen LogP contribution in [0.3, 0.4) is 0 Å². The van der Waals surface area contributed by atoms with E-state index in [-0.39, 0.29) is 12.0 Å². The van der Waals surface area contributed by atoms with Crippen LogP contribution in [0.5, 0.6) is 0 Å². The first-order valence-electron chi connectivity index (χ1n) is 7.49. The number of hydrogen-bond acceptors (Lipinski definition) is 3. The standard InChI is InChI=1S/C17H22ClNO3/c1-10(2)21-7-5-6-19-17(20)15-12(4)13-8-11(3)9-14(18)16(13)22-15/h8-10H,5-7H2,1-4H3,(H,19,20). The molecule has 1 heterocycles. The van der Waals surface area contributed by atoms with Crippen LogP contribution in [-0.2, 0) is 4.74 Å². The summed E-state index contributed by atoms with van der Waals surface area (Å²) in [7, 11) is 0. The average molecular weight is 324 g/mol. The number of amides is 1. The number of carbonyl (C=O) groups excluding carboxylic acids is 1. The third-order valence-corrected chi connectivity index (χ3v) is 3.68. The van der Waals surface area contributed by atoms with Crippen molar-refractivity contribution < 1.29 is 13.9 Å². The highest BCUT2D eigenvalue weighted by Gasteiger charge is 2.19. The Morgan fingerprint density at radius 2 is 2.09 bits per heavy atom. The summed E-state index contributed by atoms with van der Waals surface area (Å²) in [6.07, 6.45) is 0.974. The van der Waals surface area contributed by atoms with Gasteiger partial charge in [-0.2, -0.15) is 0 Å². The molecule has 4 nitrogen and oxygen atoms in total. The van der Waals surface area contributed by atoms with Crippen LogP contribution >= 0.6 is 11.6 Å². The summed E-state index contributed by atoms with van der Waals surface area (Å²) in [6.45, 7) is 8.99. The Hall–Kier alpha value is -1.52. The molecule has 0 radical (unpaired) electrons.